The van der Waals surface area contributed by atoms with Crippen LogP contribution in [0, 0.1) is 18.3 Å². The second-order valence-electron chi connectivity index (χ2n) is 7.08. The van der Waals surface area contributed by atoms with Crippen LogP contribution in [0.5, 0.6) is 5.88 Å². The highest BCUT2D eigenvalue weighted by atomic mass is 16.5. The second-order valence-corrected chi connectivity index (χ2v) is 7.08. The second kappa shape index (κ2) is 6.13. The molecule has 20 heavy (non-hydrogen) atoms. The number of rotatable bonds is 4. The first-order valence-electron chi connectivity index (χ1n) is 7.67. The minimum Gasteiger partial charge on any atom is -0.474 e. The van der Waals surface area contributed by atoms with Gasteiger partial charge in [0.2, 0.25) is 5.88 Å². The monoisotopic (exact) mass is 276 g/mol. The molecule has 0 spiro atoms. The summed E-state index contributed by atoms with van der Waals surface area (Å²) in [5.74, 6) is 1.51. The Bertz CT molecular complexity index is 456. The Hall–Kier alpha value is -1.09. The van der Waals surface area contributed by atoms with Crippen LogP contribution in [-0.4, -0.2) is 18.1 Å². The van der Waals surface area contributed by atoms with Crippen molar-refractivity contribution in [3.05, 3.63) is 23.4 Å². The van der Waals surface area contributed by atoms with Gasteiger partial charge in [-0.2, -0.15) is 0 Å². The van der Waals surface area contributed by atoms with Gasteiger partial charge in [0.25, 0.3) is 0 Å². The summed E-state index contributed by atoms with van der Waals surface area (Å²) in [5, 5.41) is 3.16. The maximum Gasteiger partial charge on any atom is 0.213 e. The summed E-state index contributed by atoms with van der Waals surface area (Å²) >= 11 is 0. The third-order valence-electron chi connectivity index (χ3n) is 4.17. The summed E-state index contributed by atoms with van der Waals surface area (Å²) in [5.41, 5.74) is 2.67. The lowest BCUT2D eigenvalue weighted by molar-refractivity contribution is 0.0531. The van der Waals surface area contributed by atoms with E-state index in [1.54, 1.807) is 0 Å². The number of hydrogen-bond acceptors (Lipinski definition) is 3. The first-order chi connectivity index (χ1) is 9.39. The first-order valence-corrected chi connectivity index (χ1v) is 7.67. The summed E-state index contributed by atoms with van der Waals surface area (Å²) in [6.45, 7) is 9.91. The molecule has 0 bridgehead atoms. The molecule has 0 aromatic carbocycles. The third kappa shape index (κ3) is 3.95. The molecule has 3 nitrogen and oxygen atoms in total. The van der Waals surface area contributed by atoms with E-state index < -0.39 is 0 Å². The Morgan fingerprint density at radius 3 is 2.70 bits per heavy atom. The van der Waals surface area contributed by atoms with Crippen molar-refractivity contribution in [2.45, 2.75) is 59.6 Å². The molecule has 2 rings (SSSR count). The lowest BCUT2D eigenvalue weighted by Gasteiger charge is -2.38. The van der Waals surface area contributed by atoms with Gasteiger partial charge >= 0.3 is 0 Å². The van der Waals surface area contributed by atoms with Gasteiger partial charge < -0.3 is 10.1 Å². The minimum atomic E-state index is 0.302. The highest BCUT2D eigenvalue weighted by molar-refractivity contribution is 5.25. The van der Waals surface area contributed by atoms with E-state index in [2.05, 4.69) is 37.1 Å². The van der Waals surface area contributed by atoms with Crippen LogP contribution in [0.3, 0.4) is 0 Å². The molecule has 112 valence electrons. The zero-order valence-electron chi connectivity index (χ0n) is 13.5. The summed E-state index contributed by atoms with van der Waals surface area (Å²) in [6.07, 6.45) is 3.86. The molecule has 0 radical (unpaired) electrons. The van der Waals surface area contributed by atoms with E-state index >= 15 is 0 Å². The average molecular weight is 276 g/mol. The summed E-state index contributed by atoms with van der Waals surface area (Å²) in [4.78, 5) is 4.60. The SMILES string of the molecule is CNCc1ccc(OC2CC(C)CC(C)(C)C2)nc1C. The van der Waals surface area contributed by atoms with Crippen molar-refractivity contribution in [1.29, 1.82) is 0 Å². The lowest BCUT2D eigenvalue weighted by atomic mass is 9.71. The van der Waals surface area contributed by atoms with Gasteiger partial charge in [0.15, 0.2) is 0 Å². The molecule has 2 atom stereocenters. The number of pyridine rings is 1. The van der Waals surface area contributed by atoms with Gasteiger partial charge in [0.05, 0.1) is 0 Å². The van der Waals surface area contributed by atoms with Crippen LogP contribution in [0.15, 0.2) is 12.1 Å². The van der Waals surface area contributed by atoms with Gasteiger partial charge in [-0.05, 0) is 50.1 Å². The number of ether oxygens (including phenoxy) is 1. The molecular formula is C17H28N2O. The van der Waals surface area contributed by atoms with Gasteiger partial charge in [0, 0.05) is 18.3 Å². The normalized spacial score (nSPS) is 25.4. The molecule has 1 N–H and O–H groups in total. The van der Waals surface area contributed by atoms with Crippen LogP contribution in [-0.2, 0) is 6.54 Å². The van der Waals surface area contributed by atoms with Crippen LogP contribution in [0.2, 0.25) is 0 Å². The zero-order valence-corrected chi connectivity index (χ0v) is 13.5. The molecular weight excluding hydrogens is 248 g/mol. The number of nitrogens with one attached hydrogen (secondary N) is 1. The third-order valence-corrected chi connectivity index (χ3v) is 4.17. The van der Waals surface area contributed by atoms with Gasteiger partial charge in [-0.25, -0.2) is 4.98 Å². The van der Waals surface area contributed by atoms with Crippen molar-refractivity contribution < 1.29 is 4.74 Å². The highest BCUT2D eigenvalue weighted by Crippen LogP contribution is 2.39. The number of hydrogen-bond donors (Lipinski definition) is 1. The van der Waals surface area contributed by atoms with Crippen LogP contribution in [0.25, 0.3) is 0 Å². The van der Waals surface area contributed by atoms with Gasteiger partial charge in [0.1, 0.15) is 6.10 Å². The maximum atomic E-state index is 6.14. The van der Waals surface area contributed by atoms with E-state index in [0.29, 0.717) is 11.5 Å². The van der Waals surface area contributed by atoms with Crippen LogP contribution < -0.4 is 10.1 Å². The van der Waals surface area contributed by atoms with Crippen molar-refractivity contribution in [3.63, 3.8) is 0 Å². The standard InChI is InChI=1S/C17H28N2O/c1-12-8-15(10-17(3,4)9-12)20-16-7-6-14(11-18-5)13(2)19-16/h6-7,12,15,18H,8-11H2,1-5H3. The van der Waals surface area contributed by atoms with Gasteiger partial charge in [-0.15, -0.1) is 0 Å². The lowest BCUT2D eigenvalue weighted by Crippen LogP contribution is -2.34. The summed E-state index contributed by atoms with van der Waals surface area (Å²) in [7, 11) is 1.95. The predicted molar refractivity (Wildman–Crippen MR) is 82.9 cm³/mol. The van der Waals surface area contributed by atoms with E-state index in [9.17, 15) is 0 Å². The fourth-order valence-corrected chi connectivity index (χ4v) is 3.53. The smallest absolute Gasteiger partial charge is 0.213 e. The summed E-state index contributed by atoms with van der Waals surface area (Å²) in [6, 6.07) is 4.12. The Labute approximate surface area is 123 Å². The molecule has 1 aliphatic rings. The van der Waals surface area contributed by atoms with E-state index in [4.69, 9.17) is 4.74 Å². The van der Waals surface area contributed by atoms with Gasteiger partial charge in [-0.1, -0.05) is 26.8 Å². The highest BCUT2D eigenvalue weighted by Gasteiger charge is 2.33. The molecule has 1 fully saturated rings. The molecule has 0 amide bonds. The summed E-state index contributed by atoms with van der Waals surface area (Å²) < 4.78 is 6.14. The van der Waals surface area contributed by atoms with Crippen LogP contribution in [0.1, 0.15) is 51.3 Å². The molecule has 1 heterocycles. The van der Waals surface area contributed by atoms with Crippen molar-refractivity contribution >= 4 is 0 Å². The molecule has 1 aliphatic carbocycles. The quantitative estimate of drug-likeness (QED) is 0.910. The molecule has 3 heteroatoms. The minimum absolute atomic E-state index is 0.302. The maximum absolute atomic E-state index is 6.14. The van der Waals surface area contributed by atoms with E-state index in [1.165, 1.54) is 12.0 Å². The molecule has 2 unspecified atom stereocenters. The van der Waals surface area contributed by atoms with Crippen molar-refractivity contribution in [3.8, 4) is 5.88 Å². The van der Waals surface area contributed by atoms with E-state index in [0.717, 1.165) is 36.9 Å². The number of aryl methyl sites for hydroxylation is 1. The topological polar surface area (TPSA) is 34.1 Å². The van der Waals surface area contributed by atoms with Crippen molar-refractivity contribution in [2.24, 2.45) is 11.3 Å². The Morgan fingerprint density at radius 2 is 2.10 bits per heavy atom. The largest absolute Gasteiger partial charge is 0.474 e. The van der Waals surface area contributed by atoms with Gasteiger partial charge in [-0.3, -0.25) is 0 Å². The molecule has 1 aromatic rings. The van der Waals surface area contributed by atoms with E-state index in [-0.39, 0.29) is 0 Å². The predicted octanol–water partition coefficient (Wildman–Crippen LogP) is 3.70. The fourth-order valence-electron chi connectivity index (χ4n) is 3.53. The molecule has 1 saturated carbocycles. The fraction of sp³-hybridized carbons (Fsp3) is 0.706. The van der Waals surface area contributed by atoms with Crippen molar-refractivity contribution in [1.82, 2.24) is 10.3 Å². The molecule has 0 aliphatic heterocycles. The molecule has 0 saturated heterocycles. The molecule has 1 aromatic heterocycles. The number of aromatic nitrogens is 1. The average Bonchev–Trinajstić information content (AvgIpc) is 2.30. The zero-order chi connectivity index (χ0) is 14.8. The Morgan fingerprint density at radius 1 is 1.35 bits per heavy atom. The van der Waals surface area contributed by atoms with Crippen LogP contribution >= 0.6 is 0 Å². The first kappa shape index (κ1) is 15.3. The Kier molecular flexibility index (Phi) is 4.69. The van der Waals surface area contributed by atoms with E-state index in [1.807, 2.05) is 20.0 Å². The Balaban J connectivity index is 2.04. The van der Waals surface area contributed by atoms with Crippen molar-refractivity contribution in [2.75, 3.05) is 7.05 Å². The number of nitrogens with zero attached hydrogens (tertiary/aromatic N) is 1. The van der Waals surface area contributed by atoms with Crippen LogP contribution in [0.4, 0.5) is 0 Å².